The lowest BCUT2D eigenvalue weighted by Crippen LogP contribution is -2.24. The Hall–Kier alpha value is -2.28. The minimum atomic E-state index is -1.16. The highest BCUT2D eigenvalue weighted by Crippen LogP contribution is 2.38. The van der Waals surface area contributed by atoms with Crippen molar-refractivity contribution >= 4 is 23.2 Å². The van der Waals surface area contributed by atoms with E-state index in [9.17, 15) is 8.78 Å². The maximum Gasteiger partial charge on any atom is 0.255 e. The van der Waals surface area contributed by atoms with Crippen molar-refractivity contribution in [3.63, 3.8) is 0 Å². The first kappa shape index (κ1) is 16.2. The van der Waals surface area contributed by atoms with Crippen LogP contribution in [-0.2, 0) is 0 Å². The summed E-state index contributed by atoms with van der Waals surface area (Å²) in [4.78, 5) is 8.05. The van der Waals surface area contributed by atoms with Crippen LogP contribution in [-0.4, -0.2) is 25.6 Å². The van der Waals surface area contributed by atoms with Crippen molar-refractivity contribution in [1.82, 2.24) is 19.6 Å². The number of nitrogens with zero attached hydrogens (tertiary/aromatic N) is 4. The molecule has 5 nitrogen and oxygen atoms in total. The van der Waals surface area contributed by atoms with Crippen molar-refractivity contribution in [2.75, 3.05) is 5.32 Å². The predicted octanol–water partition coefficient (Wildman–Crippen LogP) is 4.49. The molecule has 1 aromatic carbocycles. The largest absolute Gasteiger partial charge is 0.367 e. The van der Waals surface area contributed by atoms with Gasteiger partial charge in [-0.1, -0.05) is 25.4 Å². The molecule has 3 rings (SSSR count). The third-order valence-corrected chi connectivity index (χ3v) is 4.27. The summed E-state index contributed by atoms with van der Waals surface area (Å²) < 4.78 is 39.0. The van der Waals surface area contributed by atoms with Gasteiger partial charge >= 0.3 is 0 Å². The standard InChI is InChI=1S/C17H18ClF2N5/c1-8(2)10(4)23-16-14(13-11(19)5-9(3)6-12(13)20)15(18)24-17-21-7-22-25(16)17/h5-8,10,23H,1-4H3/t10-/m0/s1/i10D. The fourth-order valence-corrected chi connectivity index (χ4v) is 2.68. The lowest BCUT2D eigenvalue weighted by atomic mass is 10.0. The maximum atomic E-state index is 14.6. The Morgan fingerprint density at radius 3 is 2.44 bits per heavy atom. The zero-order valence-corrected chi connectivity index (χ0v) is 15.0. The van der Waals surface area contributed by atoms with Gasteiger partial charge in [-0.25, -0.2) is 8.78 Å². The van der Waals surface area contributed by atoms with E-state index in [1.165, 1.54) is 23.0 Å². The number of fused-ring (bicyclic) bond motifs is 1. The normalized spacial score (nSPS) is 14.6. The highest BCUT2D eigenvalue weighted by atomic mass is 35.5. The van der Waals surface area contributed by atoms with Gasteiger partial charge in [0.2, 0.25) is 0 Å². The monoisotopic (exact) mass is 366 g/mol. The summed E-state index contributed by atoms with van der Waals surface area (Å²) in [5.74, 6) is -1.34. The number of hydrogen-bond acceptors (Lipinski definition) is 4. The van der Waals surface area contributed by atoms with Crippen molar-refractivity contribution in [3.05, 3.63) is 40.8 Å². The molecule has 2 heterocycles. The van der Waals surface area contributed by atoms with E-state index in [1.807, 2.05) is 13.8 Å². The molecule has 132 valence electrons. The molecule has 0 spiro atoms. The second-order valence-electron chi connectivity index (χ2n) is 6.16. The number of rotatable bonds is 4. The number of aryl methyl sites for hydroxylation is 1. The zero-order chi connectivity index (χ0) is 19.2. The molecule has 0 aliphatic carbocycles. The maximum absolute atomic E-state index is 14.6. The second kappa shape index (κ2) is 6.55. The van der Waals surface area contributed by atoms with Gasteiger partial charge < -0.3 is 5.32 Å². The van der Waals surface area contributed by atoms with Crippen molar-refractivity contribution in [3.8, 4) is 11.1 Å². The summed E-state index contributed by atoms with van der Waals surface area (Å²) in [6.45, 7) is 6.96. The van der Waals surface area contributed by atoms with Crippen LogP contribution in [0.15, 0.2) is 18.5 Å². The molecule has 0 saturated heterocycles. The molecule has 1 N–H and O–H groups in total. The molecule has 0 aliphatic heterocycles. The third kappa shape index (κ3) is 3.16. The molecule has 0 unspecified atom stereocenters. The van der Waals surface area contributed by atoms with Crippen LogP contribution in [0.5, 0.6) is 0 Å². The van der Waals surface area contributed by atoms with E-state index in [2.05, 4.69) is 20.4 Å². The Bertz CT molecular complexity index is 964. The van der Waals surface area contributed by atoms with Crippen LogP contribution in [0, 0.1) is 24.5 Å². The minimum absolute atomic E-state index is 0.00112. The lowest BCUT2D eigenvalue weighted by Gasteiger charge is -2.22. The summed E-state index contributed by atoms with van der Waals surface area (Å²) in [6, 6.07) is 1.27. The molecule has 0 amide bonds. The van der Waals surface area contributed by atoms with Gasteiger partial charge in [-0.3, -0.25) is 0 Å². The number of halogens is 3. The van der Waals surface area contributed by atoms with Gasteiger partial charge in [0, 0.05) is 6.02 Å². The molecule has 0 radical (unpaired) electrons. The van der Waals surface area contributed by atoms with Crippen LogP contribution in [0.3, 0.4) is 0 Å². The molecular formula is C17H18ClF2N5. The molecule has 0 fully saturated rings. The van der Waals surface area contributed by atoms with Gasteiger partial charge in [0.15, 0.2) is 0 Å². The van der Waals surface area contributed by atoms with E-state index < -0.39 is 17.7 Å². The van der Waals surface area contributed by atoms with Gasteiger partial charge in [0.25, 0.3) is 5.78 Å². The van der Waals surface area contributed by atoms with Gasteiger partial charge in [-0.2, -0.15) is 19.6 Å². The SMILES string of the molecule is [2H][C@@](C)(Nc1c(-c2c(F)cc(C)cc2F)c(Cl)nc2ncnn12)C(C)C. The summed E-state index contributed by atoms with van der Waals surface area (Å²) in [5.41, 5.74) is 0.114. The van der Waals surface area contributed by atoms with Gasteiger partial charge in [0.05, 0.1) is 12.5 Å². The van der Waals surface area contributed by atoms with Crippen LogP contribution in [0.1, 0.15) is 27.7 Å². The van der Waals surface area contributed by atoms with E-state index in [4.69, 9.17) is 13.0 Å². The Kier molecular flexibility index (Phi) is 4.25. The second-order valence-corrected chi connectivity index (χ2v) is 6.52. The van der Waals surface area contributed by atoms with E-state index in [-0.39, 0.29) is 33.8 Å². The average Bonchev–Trinajstić information content (AvgIpc) is 2.96. The summed E-state index contributed by atoms with van der Waals surface area (Å²) >= 11 is 6.27. The van der Waals surface area contributed by atoms with E-state index >= 15 is 0 Å². The van der Waals surface area contributed by atoms with E-state index in [1.54, 1.807) is 13.8 Å². The molecule has 8 heteroatoms. The molecule has 25 heavy (non-hydrogen) atoms. The minimum Gasteiger partial charge on any atom is -0.367 e. The highest BCUT2D eigenvalue weighted by Gasteiger charge is 2.24. The van der Waals surface area contributed by atoms with Crippen LogP contribution < -0.4 is 5.32 Å². The van der Waals surface area contributed by atoms with Crippen LogP contribution in [0.4, 0.5) is 14.6 Å². The van der Waals surface area contributed by atoms with Crippen molar-refractivity contribution in [2.45, 2.75) is 33.7 Å². The number of hydrogen-bond donors (Lipinski definition) is 1. The topological polar surface area (TPSA) is 55.1 Å². The summed E-state index contributed by atoms with van der Waals surface area (Å²) in [6.07, 6.45) is 1.26. The Morgan fingerprint density at radius 2 is 1.84 bits per heavy atom. The molecule has 0 bridgehead atoms. The van der Waals surface area contributed by atoms with Crippen molar-refractivity contribution in [2.24, 2.45) is 5.92 Å². The van der Waals surface area contributed by atoms with Gasteiger partial charge in [-0.05, 0) is 37.5 Å². The number of nitrogens with one attached hydrogen (secondary N) is 1. The number of benzene rings is 1. The van der Waals surface area contributed by atoms with Crippen molar-refractivity contribution in [1.29, 1.82) is 0 Å². The average molecular weight is 367 g/mol. The zero-order valence-electron chi connectivity index (χ0n) is 15.2. The lowest BCUT2D eigenvalue weighted by molar-refractivity contribution is 0.556. The fraction of sp³-hybridized carbons (Fsp3) is 0.353. The van der Waals surface area contributed by atoms with Crippen molar-refractivity contribution < 1.29 is 10.2 Å². The molecule has 3 aromatic rings. The Labute approximate surface area is 150 Å². The summed E-state index contributed by atoms with van der Waals surface area (Å²) in [5, 5.41) is 6.92. The first-order valence-corrected chi connectivity index (χ1v) is 8.13. The number of anilines is 1. The van der Waals surface area contributed by atoms with Crippen LogP contribution >= 0.6 is 11.6 Å². The quantitative estimate of drug-likeness (QED) is 0.691. The number of aromatic nitrogens is 4. The first-order valence-electron chi connectivity index (χ1n) is 8.25. The molecule has 2 aromatic heterocycles. The smallest absolute Gasteiger partial charge is 0.255 e. The summed E-state index contributed by atoms with van der Waals surface area (Å²) in [7, 11) is 0. The fourth-order valence-electron chi connectivity index (χ4n) is 2.42. The van der Waals surface area contributed by atoms with Gasteiger partial charge in [0.1, 0.15) is 28.9 Å². The highest BCUT2D eigenvalue weighted by molar-refractivity contribution is 6.33. The third-order valence-electron chi connectivity index (χ3n) is 4.00. The molecule has 0 saturated carbocycles. The van der Waals surface area contributed by atoms with E-state index in [0.29, 0.717) is 5.56 Å². The molecule has 0 aliphatic rings. The Balaban J connectivity index is 2.36. The molecule has 1 atom stereocenters. The van der Waals surface area contributed by atoms with Crippen LogP contribution in [0.2, 0.25) is 5.15 Å². The van der Waals surface area contributed by atoms with E-state index in [0.717, 1.165) is 0 Å². The Morgan fingerprint density at radius 1 is 1.20 bits per heavy atom. The van der Waals surface area contributed by atoms with Crippen LogP contribution in [0.25, 0.3) is 16.9 Å². The predicted molar refractivity (Wildman–Crippen MR) is 93.8 cm³/mol. The van der Waals surface area contributed by atoms with Gasteiger partial charge in [-0.15, -0.1) is 0 Å². The first-order chi connectivity index (χ1) is 12.1. The molecular weight excluding hydrogens is 348 g/mol.